The molecule has 0 amide bonds. The maximum atomic E-state index is 6.47. The van der Waals surface area contributed by atoms with Gasteiger partial charge in [0.05, 0.1) is 5.52 Å². The van der Waals surface area contributed by atoms with Crippen LogP contribution in [-0.4, -0.2) is 10.6 Å². The van der Waals surface area contributed by atoms with Crippen LogP contribution in [0.1, 0.15) is 18.2 Å². The summed E-state index contributed by atoms with van der Waals surface area (Å²) in [4.78, 5) is 0. The van der Waals surface area contributed by atoms with Gasteiger partial charge in [-0.05, 0) is 115 Å². The van der Waals surface area contributed by atoms with Crippen molar-refractivity contribution in [2.24, 2.45) is 5.73 Å². The minimum absolute atomic E-state index is 0.213. The van der Waals surface area contributed by atoms with E-state index in [4.69, 9.17) is 5.73 Å². The lowest BCUT2D eigenvalue weighted by atomic mass is 9.85. The summed E-state index contributed by atoms with van der Waals surface area (Å²) in [5, 5.41) is 12.4. The molecule has 1 aliphatic rings. The third kappa shape index (κ3) is 6.08. The summed E-state index contributed by atoms with van der Waals surface area (Å²) >= 11 is 0. The smallest absolute Gasteiger partial charge is 0.109 e. The number of hydrogen-bond acceptors (Lipinski definition) is 2. The number of rotatable bonds is 6. The molecule has 0 radical (unpaired) electrons. The Bertz CT molecular complexity index is 3060. The maximum absolute atomic E-state index is 6.47. The Morgan fingerprint density at radius 2 is 1.21 bits per heavy atom. The number of nitrogens with zero attached hydrogens (tertiary/aromatic N) is 1. The van der Waals surface area contributed by atoms with Gasteiger partial charge in [0, 0.05) is 35.4 Å². The third-order valence-corrected chi connectivity index (χ3v) is 11.5. The highest BCUT2D eigenvalue weighted by Crippen LogP contribution is 2.44. The summed E-state index contributed by atoms with van der Waals surface area (Å²) in [6.07, 6.45) is 6.53. The van der Waals surface area contributed by atoms with Gasteiger partial charge in [0.15, 0.2) is 0 Å². The van der Waals surface area contributed by atoms with Gasteiger partial charge in [-0.1, -0.05) is 157 Å². The summed E-state index contributed by atoms with van der Waals surface area (Å²) in [5.74, 6) is 6.87. The van der Waals surface area contributed by atoms with E-state index in [0.717, 1.165) is 11.4 Å². The van der Waals surface area contributed by atoms with Crippen molar-refractivity contribution in [1.29, 1.82) is 0 Å². The van der Waals surface area contributed by atoms with E-state index in [2.05, 4.69) is 186 Å². The van der Waals surface area contributed by atoms with Gasteiger partial charge >= 0.3 is 0 Å². The molecule has 0 saturated carbocycles. The molecular weight excluding hydrogens is 691 g/mol. The predicted octanol–water partition coefficient (Wildman–Crippen LogP) is 12.5. The Balaban J connectivity index is 1.08. The fourth-order valence-corrected chi connectivity index (χ4v) is 8.76. The minimum Gasteiger partial charge on any atom is -0.400 e. The van der Waals surface area contributed by atoms with Crippen molar-refractivity contribution >= 4 is 43.2 Å². The molecule has 272 valence electrons. The average Bonchev–Trinajstić information content (AvgIpc) is 3.56. The molecule has 3 N–H and O–H groups in total. The molecule has 3 nitrogen and oxygen atoms in total. The molecule has 9 aromatic rings. The highest BCUT2D eigenvalue weighted by Gasteiger charge is 2.22. The zero-order chi connectivity index (χ0) is 38.3. The Hall–Kier alpha value is -7.12. The Morgan fingerprint density at radius 1 is 0.614 bits per heavy atom. The fourth-order valence-electron chi connectivity index (χ4n) is 8.76. The van der Waals surface area contributed by atoms with E-state index >= 15 is 0 Å². The lowest BCUT2D eigenvalue weighted by molar-refractivity contribution is 0.637. The summed E-state index contributed by atoms with van der Waals surface area (Å²) < 4.78 is 2.39. The van der Waals surface area contributed by atoms with Crippen molar-refractivity contribution in [1.82, 2.24) is 9.88 Å². The van der Waals surface area contributed by atoms with Gasteiger partial charge in [0.2, 0.25) is 0 Å². The van der Waals surface area contributed by atoms with Crippen LogP contribution in [0.2, 0.25) is 0 Å². The first kappa shape index (κ1) is 34.4. The number of aromatic nitrogens is 1. The molecule has 3 heteroatoms. The standard InChI is InChI=1S/C54H41N3/c1-2-3-23-49(55)50-24-13-22-43-48-34-40(31-32-51(48)57(52(43)35-56-50)42-16-5-4-6-17-42)37-25-28-38(29-26-37)53-44-18-9-11-20-46(44)54(47-21-12-10-19-45(47)53)41-30-27-36-14-7-8-15-39(36)33-41/h2-12,14-21,23,25-34,50,56H,22,35,55H2,1H3/b3-2-,49-23-. The summed E-state index contributed by atoms with van der Waals surface area (Å²) in [5.41, 5.74) is 19.3. The zero-order valence-electron chi connectivity index (χ0n) is 31.8. The summed E-state index contributed by atoms with van der Waals surface area (Å²) in [6.45, 7) is 2.64. The molecule has 1 unspecified atom stereocenters. The monoisotopic (exact) mass is 731 g/mol. The van der Waals surface area contributed by atoms with Gasteiger partial charge in [-0.3, -0.25) is 5.32 Å². The molecule has 57 heavy (non-hydrogen) atoms. The molecule has 2 heterocycles. The molecule has 0 aliphatic carbocycles. The second-order valence-corrected chi connectivity index (χ2v) is 14.8. The lowest BCUT2D eigenvalue weighted by Crippen LogP contribution is -2.34. The quantitative estimate of drug-likeness (QED) is 0.102. The van der Waals surface area contributed by atoms with Crippen LogP contribution < -0.4 is 11.1 Å². The van der Waals surface area contributed by atoms with Crippen LogP contribution in [0, 0.1) is 11.8 Å². The van der Waals surface area contributed by atoms with E-state index in [1.807, 2.05) is 25.2 Å². The van der Waals surface area contributed by atoms with Crippen LogP contribution in [0.3, 0.4) is 0 Å². The number of fused-ring (bicyclic) bond motifs is 6. The number of benzene rings is 8. The van der Waals surface area contributed by atoms with Gasteiger partial charge in [-0.25, -0.2) is 0 Å². The fraction of sp³-hybridized carbons (Fsp3) is 0.0741. The summed E-state index contributed by atoms with van der Waals surface area (Å²) in [6, 6.07) is 59.7. The number of nitrogens with two attached hydrogens (primary N) is 1. The molecule has 0 fully saturated rings. The topological polar surface area (TPSA) is 43.0 Å². The molecule has 0 saturated heterocycles. The summed E-state index contributed by atoms with van der Waals surface area (Å²) in [7, 11) is 0. The van der Waals surface area contributed by atoms with E-state index in [0.29, 0.717) is 13.0 Å². The third-order valence-electron chi connectivity index (χ3n) is 11.5. The Morgan fingerprint density at radius 3 is 1.91 bits per heavy atom. The number of nitrogens with one attached hydrogen (secondary N) is 1. The van der Waals surface area contributed by atoms with Gasteiger partial charge < -0.3 is 10.3 Å². The first-order valence-electron chi connectivity index (χ1n) is 19.7. The van der Waals surface area contributed by atoms with Crippen LogP contribution in [-0.2, 0) is 13.0 Å². The minimum atomic E-state index is -0.213. The first-order valence-corrected chi connectivity index (χ1v) is 19.7. The zero-order valence-corrected chi connectivity index (χ0v) is 31.8. The molecule has 0 bridgehead atoms. The normalized spacial score (nSPS) is 14.5. The lowest BCUT2D eigenvalue weighted by Gasteiger charge is -2.18. The maximum Gasteiger partial charge on any atom is 0.109 e. The van der Waals surface area contributed by atoms with Gasteiger partial charge in [-0.15, -0.1) is 0 Å². The second kappa shape index (κ2) is 14.5. The van der Waals surface area contributed by atoms with Crippen LogP contribution in [0.4, 0.5) is 0 Å². The molecule has 8 aromatic carbocycles. The van der Waals surface area contributed by atoms with Gasteiger partial charge in [0.1, 0.15) is 6.04 Å². The first-order chi connectivity index (χ1) is 28.2. The number of hydrogen-bond donors (Lipinski definition) is 2. The SMILES string of the molecule is C/C=C\C=C(/N)C1C#CCc2c(n(-c3ccccc3)c3ccc(-c4ccc(-c5c6ccccc6c(-c6ccc7ccccc7c6)c6ccccc56)cc4)cc23)CN1. The van der Waals surface area contributed by atoms with E-state index in [-0.39, 0.29) is 6.04 Å². The van der Waals surface area contributed by atoms with Crippen molar-refractivity contribution in [3.8, 4) is 50.9 Å². The second-order valence-electron chi connectivity index (χ2n) is 14.8. The molecular formula is C54H41N3. The average molecular weight is 732 g/mol. The van der Waals surface area contributed by atoms with Crippen molar-refractivity contribution in [2.45, 2.75) is 25.9 Å². The van der Waals surface area contributed by atoms with Gasteiger partial charge in [-0.2, -0.15) is 0 Å². The van der Waals surface area contributed by atoms with E-state index in [1.54, 1.807) is 0 Å². The molecule has 0 spiro atoms. The molecule has 1 atom stereocenters. The van der Waals surface area contributed by atoms with Crippen molar-refractivity contribution < 1.29 is 0 Å². The van der Waals surface area contributed by atoms with Gasteiger partial charge in [0.25, 0.3) is 0 Å². The number of para-hydroxylation sites is 1. The highest BCUT2D eigenvalue weighted by molar-refractivity contribution is 6.21. The van der Waals surface area contributed by atoms with E-state index < -0.39 is 0 Å². The van der Waals surface area contributed by atoms with Crippen molar-refractivity contribution in [3.05, 3.63) is 199 Å². The van der Waals surface area contributed by atoms with Crippen LogP contribution >= 0.6 is 0 Å². The van der Waals surface area contributed by atoms with Crippen LogP contribution in [0.15, 0.2) is 188 Å². The largest absolute Gasteiger partial charge is 0.400 e. The Labute approximate surface area is 333 Å². The predicted molar refractivity (Wildman–Crippen MR) is 241 cm³/mol. The van der Waals surface area contributed by atoms with Crippen LogP contribution in [0.25, 0.3) is 82.3 Å². The van der Waals surface area contributed by atoms with E-state index in [9.17, 15) is 0 Å². The van der Waals surface area contributed by atoms with Crippen molar-refractivity contribution in [2.75, 3.05) is 0 Å². The molecule has 10 rings (SSSR count). The number of allylic oxidation sites excluding steroid dienone is 3. The molecule has 1 aliphatic heterocycles. The van der Waals surface area contributed by atoms with Crippen molar-refractivity contribution in [3.63, 3.8) is 0 Å². The Kier molecular flexibility index (Phi) is 8.75. The van der Waals surface area contributed by atoms with Crippen LogP contribution in [0.5, 0.6) is 0 Å². The molecule has 1 aromatic heterocycles. The van der Waals surface area contributed by atoms with E-state index in [1.165, 1.54) is 87.9 Å². The highest BCUT2D eigenvalue weighted by atomic mass is 15.0.